The van der Waals surface area contributed by atoms with Gasteiger partial charge in [0.1, 0.15) is 18.5 Å². The van der Waals surface area contributed by atoms with E-state index in [2.05, 4.69) is 30.1 Å². The number of fused-ring (bicyclic) bond motifs is 2. The van der Waals surface area contributed by atoms with Gasteiger partial charge in [-0.3, -0.25) is 14.0 Å². The Morgan fingerprint density at radius 3 is 2.57 bits per heavy atom. The standard InChI is InChI=1S/C30H41ClFN7O4Si/c1-30(2,3)43-29(41)33-23-16-38(15-21(23)32)28-34-26-24(27(40)37(28)5)19(14-39(26)17-42-11-12-44(6,7)8)18-9-10-22-20(25(18)31)13-36(4)35-22/h9-10,13-14,21,23H,11-12,15-17H2,1-8H3,(H,33,41)/t21-,23+/m0/s1. The topological polar surface area (TPSA) is 108 Å². The van der Waals surface area contributed by atoms with Crippen LogP contribution in [0.25, 0.3) is 33.1 Å². The third-order valence-corrected chi connectivity index (χ3v) is 9.67. The number of hydrogen-bond donors (Lipinski definition) is 1. The van der Waals surface area contributed by atoms with Gasteiger partial charge in [0.25, 0.3) is 5.56 Å². The van der Waals surface area contributed by atoms with Crippen molar-refractivity contribution in [2.24, 2.45) is 14.1 Å². The molecule has 4 aromatic rings. The average Bonchev–Trinajstić information content (AvgIpc) is 3.57. The van der Waals surface area contributed by atoms with E-state index in [1.54, 1.807) is 37.4 Å². The summed E-state index contributed by atoms with van der Waals surface area (Å²) in [6.45, 7) is 12.9. The summed E-state index contributed by atoms with van der Waals surface area (Å²) < 4.78 is 31.5. The number of amides is 1. The molecule has 2 atom stereocenters. The summed E-state index contributed by atoms with van der Waals surface area (Å²) in [5.41, 5.74) is 1.44. The predicted molar refractivity (Wildman–Crippen MR) is 174 cm³/mol. The monoisotopic (exact) mass is 645 g/mol. The van der Waals surface area contributed by atoms with Gasteiger partial charge in [-0.15, -0.1) is 0 Å². The van der Waals surface area contributed by atoms with Crippen LogP contribution < -0.4 is 15.8 Å². The van der Waals surface area contributed by atoms with Gasteiger partial charge >= 0.3 is 6.09 Å². The number of nitrogens with one attached hydrogen (secondary N) is 1. The number of ether oxygens (including phenoxy) is 2. The minimum absolute atomic E-state index is 0.0456. The number of benzene rings is 1. The van der Waals surface area contributed by atoms with Crippen molar-refractivity contribution in [3.8, 4) is 11.1 Å². The molecule has 1 aromatic carbocycles. The highest BCUT2D eigenvalue weighted by Crippen LogP contribution is 2.38. The first kappa shape index (κ1) is 32.0. The van der Waals surface area contributed by atoms with Crippen molar-refractivity contribution in [3.05, 3.63) is 39.9 Å². The number of alkyl halides is 1. The van der Waals surface area contributed by atoms with E-state index >= 15 is 4.39 Å². The lowest BCUT2D eigenvalue weighted by atomic mass is 10.0. The van der Waals surface area contributed by atoms with Crippen molar-refractivity contribution in [1.29, 1.82) is 0 Å². The van der Waals surface area contributed by atoms with Crippen LogP contribution in [0.4, 0.5) is 15.1 Å². The van der Waals surface area contributed by atoms with Crippen LogP contribution >= 0.6 is 11.6 Å². The van der Waals surface area contributed by atoms with Crippen molar-refractivity contribution >= 4 is 53.7 Å². The van der Waals surface area contributed by atoms with Crippen molar-refractivity contribution in [1.82, 2.24) is 29.2 Å². The zero-order valence-corrected chi connectivity index (χ0v) is 28.3. The molecule has 0 bridgehead atoms. The van der Waals surface area contributed by atoms with Gasteiger partial charge in [0, 0.05) is 64.2 Å². The minimum atomic E-state index is -1.38. The second-order valence-corrected chi connectivity index (χ2v) is 19.7. The SMILES string of the molecule is Cn1cc2c(Cl)c(-c3cn(COCC[Si](C)(C)C)c4nc(N5C[C@H](F)[C@H](NC(=O)OC(C)(C)C)C5)n(C)c(=O)c34)ccc2n1. The number of alkyl carbamates (subject to hydrolysis) is 1. The van der Waals surface area contributed by atoms with Gasteiger partial charge in [0.05, 0.1) is 28.5 Å². The number of aromatic nitrogens is 5. The molecule has 3 aromatic heterocycles. The molecule has 0 spiro atoms. The van der Waals surface area contributed by atoms with Gasteiger partial charge in [0.2, 0.25) is 5.95 Å². The van der Waals surface area contributed by atoms with Crippen molar-refractivity contribution in [3.63, 3.8) is 0 Å². The van der Waals surface area contributed by atoms with Crippen molar-refractivity contribution < 1.29 is 18.7 Å². The zero-order valence-electron chi connectivity index (χ0n) is 26.6. The predicted octanol–water partition coefficient (Wildman–Crippen LogP) is 5.31. The van der Waals surface area contributed by atoms with E-state index < -0.39 is 32.0 Å². The number of carbonyl (C=O) groups excluding carboxylic acids is 1. The van der Waals surface area contributed by atoms with Crippen LogP contribution in [0.5, 0.6) is 0 Å². The number of nitrogens with zero attached hydrogens (tertiary/aromatic N) is 6. The Bertz CT molecular complexity index is 1770. The Labute approximate surface area is 261 Å². The number of anilines is 1. The van der Waals surface area contributed by atoms with Gasteiger partial charge in [-0.25, -0.2) is 9.18 Å². The molecule has 0 aliphatic carbocycles. The summed E-state index contributed by atoms with van der Waals surface area (Å²) in [6.07, 6.45) is 1.61. The van der Waals surface area contributed by atoms with Crippen LogP contribution in [0.3, 0.4) is 0 Å². The largest absolute Gasteiger partial charge is 0.444 e. The second-order valence-electron chi connectivity index (χ2n) is 13.7. The maximum absolute atomic E-state index is 15.2. The Morgan fingerprint density at radius 1 is 1.16 bits per heavy atom. The molecule has 5 rings (SSSR count). The molecule has 1 N–H and O–H groups in total. The van der Waals surface area contributed by atoms with Gasteiger partial charge in [-0.05, 0) is 32.9 Å². The van der Waals surface area contributed by atoms with Crippen LogP contribution in [0.1, 0.15) is 20.8 Å². The van der Waals surface area contributed by atoms with Crippen LogP contribution in [0, 0.1) is 0 Å². The lowest BCUT2D eigenvalue weighted by molar-refractivity contribution is 0.0490. The Morgan fingerprint density at radius 2 is 1.89 bits per heavy atom. The number of rotatable bonds is 8. The van der Waals surface area contributed by atoms with Crippen LogP contribution in [-0.4, -0.2) is 75.6 Å². The van der Waals surface area contributed by atoms with Gasteiger partial charge in [-0.1, -0.05) is 37.3 Å². The quantitative estimate of drug-likeness (QED) is 0.204. The van der Waals surface area contributed by atoms with E-state index in [0.29, 0.717) is 39.7 Å². The molecule has 0 radical (unpaired) electrons. The third-order valence-electron chi connectivity index (χ3n) is 7.56. The summed E-state index contributed by atoms with van der Waals surface area (Å²) in [5, 5.41) is 8.71. The summed E-state index contributed by atoms with van der Waals surface area (Å²) >= 11 is 6.90. The van der Waals surface area contributed by atoms with E-state index in [1.807, 2.05) is 36.1 Å². The molecule has 44 heavy (non-hydrogen) atoms. The maximum Gasteiger partial charge on any atom is 0.408 e. The number of hydrogen-bond acceptors (Lipinski definition) is 7. The van der Waals surface area contributed by atoms with E-state index in [-0.39, 0.29) is 25.4 Å². The van der Waals surface area contributed by atoms with Gasteiger partial charge in [0.15, 0.2) is 5.65 Å². The summed E-state index contributed by atoms with van der Waals surface area (Å²) in [4.78, 5) is 33.0. The number of carbonyl (C=O) groups is 1. The first-order valence-corrected chi connectivity index (χ1v) is 18.8. The van der Waals surface area contributed by atoms with E-state index in [1.165, 1.54) is 4.57 Å². The fourth-order valence-corrected chi connectivity index (χ4v) is 6.41. The fraction of sp³-hybridized carbons (Fsp3) is 0.533. The van der Waals surface area contributed by atoms with Crippen LogP contribution in [-0.2, 0) is 30.3 Å². The summed E-state index contributed by atoms with van der Waals surface area (Å²) in [7, 11) is 2.12. The highest BCUT2D eigenvalue weighted by Gasteiger charge is 2.37. The molecule has 1 amide bonds. The third kappa shape index (κ3) is 6.64. The molecule has 1 fully saturated rings. The molecule has 238 valence electrons. The molecular formula is C30H41ClFN7O4Si. The van der Waals surface area contributed by atoms with Gasteiger partial charge < -0.3 is 24.3 Å². The van der Waals surface area contributed by atoms with E-state index in [0.717, 1.165) is 16.9 Å². The number of aryl methyl sites for hydroxylation is 1. The average molecular weight is 646 g/mol. The first-order valence-electron chi connectivity index (χ1n) is 14.7. The normalized spacial score (nSPS) is 17.6. The molecular weight excluding hydrogens is 605 g/mol. The first-order chi connectivity index (χ1) is 20.5. The van der Waals surface area contributed by atoms with E-state index in [4.69, 9.17) is 26.1 Å². The van der Waals surface area contributed by atoms with Gasteiger partial charge in [-0.2, -0.15) is 10.1 Å². The summed E-state index contributed by atoms with van der Waals surface area (Å²) in [5.74, 6) is 0.292. The summed E-state index contributed by atoms with van der Waals surface area (Å²) in [6, 6.07) is 3.90. The highest BCUT2D eigenvalue weighted by molar-refractivity contribution is 6.76. The molecule has 14 heteroatoms. The van der Waals surface area contributed by atoms with Crippen molar-refractivity contribution in [2.45, 2.75) is 71.0 Å². The maximum atomic E-state index is 15.2. The Balaban J connectivity index is 1.55. The molecule has 0 saturated carbocycles. The molecule has 1 aliphatic rings. The van der Waals surface area contributed by atoms with Crippen LogP contribution in [0.15, 0.2) is 29.3 Å². The highest BCUT2D eigenvalue weighted by atomic mass is 35.5. The molecule has 4 heterocycles. The molecule has 1 saturated heterocycles. The zero-order chi connectivity index (χ0) is 32.1. The van der Waals surface area contributed by atoms with Crippen LogP contribution in [0.2, 0.25) is 30.7 Å². The molecule has 1 aliphatic heterocycles. The molecule has 0 unspecified atom stereocenters. The fourth-order valence-electron chi connectivity index (χ4n) is 5.34. The second kappa shape index (κ2) is 11.8. The molecule has 11 nitrogen and oxygen atoms in total. The lowest BCUT2D eigenvalue weighted by Crippen LogP contribution is -2.44. The Hall–Kier alpha value is -3.42. The smallest absolute Gasteiger partial charge is 0.408 e. The van der Waals surface area contributed by atoms with E-state index in [9.17, 15) is 9.59 Å². The lowest BCUT2D eigenvalue weighted by Gasteiger charge is -2.23. The minimum Gasteiger partial charge on any atom is -0.444 e. The Kier molecular flexibility index (Phi) is 8.60. The number of halogens is 2. The van der Waals surface area contributed by atoms with Crippen molar-refractivity contribution in [2.75, 3.05) is 24.6 Å².